The number of ether oxygens (including phenoxy) is 1. The van der Waals surface area contributed by atoms with E-state index in [1.165, 1.54) is 6.07 Å². The van der Waals surface area contributed by atoms with Crippen molar-refractivity contribution in [2.75, 3.05) is 0 Å². The van der Waals surface area contributed by atoms with Crippen molar-refractivity contribution in [1.29, 1.82) is 0 Å². The minimum Gasteiger partial charge on any atom is -0.456 e. The van der Waals surface area contributed by atoms with Crippen LogP contribution in [0.3, 0.4) is 0 Å². The van der Waals surface area contributed by atoms with Crippen LogP contribution in [-0.4, -0.2) is 11.6 Å². The molecule has 1 unspecified atom stereocenters. The number of rotatable bonds is 3. The number of halogens is 1. The summed E-state index contributed by atoms with van der Waals surface area (Å²) < 4.78 is 19.4. The van der Waals surface area contributed by atoms with Gasteiger partial charge in [0, 0.05) is 11.5 Å². The summed E-state index contributed by atoms with van der Waals surface area (Å²) in [5, 5.41) is 0. The molecule has 2 rings (SSSR count). The van der Waals surface area contributed by atoms with Gasteiger partial charge in [0.25, 0.3) is 0 Å². The lowest BCUT2D eigenvalue weighted by atomic mass is 9.75. The predicted octanol–water partition coefficient (Wildman–Crippen LogP) is 3.83. The standard InChI is InChI=1S/C17H21FO2/c1-11(2)16(19)20-17(3,4)13-9-8-12-6-5-7-15(18)14(12)10-13/h5-7,13H,1,8-10H2,2-4H3. The van der Waals surface area contributed by atoms with Gasteiger partial charge in [-0.05, 0) is 57.2 Å². The van der Waals surface area contributed by atoms with E-state index in [1.54, 1.807) is 13.0 Å². The molecule has 0 saturated heterocycles. The van der Waals surface area contributed by atoms with Gasteiger partial charge >= 0.3 is 5.97 Å². The van der Waals surface area contributed by atoms with Gasteiger partial charge in [-0.2, -0.15) is 0 Å². The van der Waals surface area contributed by atoms with E-state index in [2.05, 4.69) is 6.58 Å². The fourth-order valence-corrected chi connectivity index (χ4v) is 2.75. The second-order valence-electron chi connectivity index (χ2n) is 6.09. The van der Waals surface area contributed by atoms with Crippen molar-refractivity contribution in [2.24, 2.45) is 5.92 Å². The predicted molar refractivity (Wildman–Crippen MR) is 76.9 cm³/mol. The number of carbonyl (C=O) groups is 1. The highest BCUT2D eigenvalue weighted by Crippen LogP contribution is 2.35. The first-order valence-corrected chi connectivity index (χ1v) is 6.96. The quantitative estimate of drug-likeness (QED) is 0.619. The number of carbonyl (C=O) groups excluding carboxylic acids is 1. The molecule has 0 bridgehead atoms. The van der Waals surface area contributed by atoms with Crippen LogP contribution in [0, 0.1) is 11.7 Å². The van der Waals surface area contributed by atoms with Crippen molar-refractivity contribution in [3.63, 3.8) is 0 Å². The first kappa shape index (κ1) is 14.8. The zero-order chi connectivity index (χ0) is 14.9. The van der Waals surface area contributed by atoms with Gasteiger partial charge in [0.2, 0.25) is 0 Å². The zero-order valence-electron chi connectivity index (χ0n) is 12.3. The van der Waals surface area contributed by atoms with Gasteiger partial charge < -0.3 is 4.74 Å². The SMILES string of the molecule is C=C(C)C(=O)OC(C)(C)C1CCc2cccc(F)c2C1. The Morgan fingerprint density at radius 2 is 2.15 bits per heavy atom. The minimum absolute atomic E-state index is 0.121. The molecule has 0 saturated carbocycles. The fraction of sp³-hybridized carbons (Fsp3) is 0.471. The number of benzene rings is 1. The molecule has 0 heterocycles. The van der Waals surface area contributed by atoms with Crippen LogP contribution in [0.2, 0.25) is 0 Å². The zero-order valence-corrected chi connectivity index (χ0v) is 12.3. The lowest BCUT2D eigenvalue weighted by molar-refractivity contribution is -0.157. The second kappa shape index (κ2) is 5.39. The molecule has 0 aliphatic heterocycles. The molecule has 1 aliphatic carbocycles. The van der Waals surface area contributed by atoms with Crippen LogP contribution < -0.4 is 0 Å². The third kappa shape index (κ3) is 2.92. The van der Waals surface area contributed by atoms with Gasteiger partial charge in [0.15, 0.2) is 0 Å². The van der Waals surface area contributed by atoms with Crippen LogP contribution in [0.5, 0.6) is 0 Å². The van der Waals surface area contributed by atoms with E-state index in [1.807, 2.05) is 19.9 Å². The molecule has 0 aromatic heterocycles. The van der Waals surface area contributed by atoms with E-state index in [4.69, 9.17) is 4.74 Å². The maximum atomic E-state index is 13.9. The molecular weight excluding hydrogens is 255 g/mol. The van der Waals surface area contributed by atoms with Crippen LogP contribution in [0.4, 0.5) is 4.39 Å². The average molecular weight is 276 g/mol. The topological polar surface area (TPSA) is 26.3 Å². The Morgan fingerprint density at radius 1 is 1.45 bits per heavy atom. The highest BCUT2D eigenvalue weighted by atomic mass is 19.1. The normalized spacial score (nSPS) is 18.3. The largest absolute Gasteiger partial charge is 0.456 e. The molecule has 108 valence electrons. The third-order valence-electron chi connectivity index (χ3n) is 4.12. The number of aryl methyl sites for hydroxylation is 1. The van der Waals surface area contributed by atoms with E-state index in [0.717, 1.165) is 24.0 Å². The molecule has 1 aromatic carbocycles. The van der Waals surface area contributed by atoms with Crippen LogP contribution in [0.1, 0.15) is 38.3 Å². The van der Waals surface area contributed by atoms with Crippen LogP contribution in [0.15, 0.2) is 30.4 Å². The Bertz CT molecular complexity index is 546. The first-order valence-electron chi connectivity index (χ1n) is 6.96. The molecule has 1 aromatic rings. The molecule has 0 N–H and O–H groups in total. The van der Waals surface area contributed by atoms with Crippen molar-refractivity contribution < 1.29 is 13.9 Å². The Hall–Kier alpha value is -1.64. The summed E-state index contributed by atoms with van der Waals surface area (Å²) in [7, 11) is 0. The molecule has 1 atom stereocenters. The number of hydrogen-bond acceptors (Lipinski definition) is 2. The first-order chi connectivity index (χ1) is 9.31. The van der Waals surface area contributed by atoms with Gasteiger partial charge in [-0.25, -0.2) is 9.18 Å². The summed E-state index contributed by atoms with van der Waals surface area (Å²) >= 11 is 0. The monoisotopic (exact) mass is 276 g/mol. The number of fused-ring (bicyclic) bond motifs is 1. The lowest BCUT2D eigenvalue weighted by Crippen LogP contribution is -2.40. The second-order valence-corrected chi connectivity index (χ2v) is 6.09. The van der Waals surface area contributed by atoms with Gasteiger partial charge in [0.05, 0.1) is 0 Å². The molecule has 0 fully saturated rings. The molecule has 3 heteroatoms. The van der Waals surface area contributed by atoms with Crippen molar-refractivity contribution in [3.8, 4) is 0 Å². The van der Waals surface area contributed by atoms with Gasteiger partial charge in [-0.15, -0.1) is 0 Å². The third-order valence-corrected chi connectivity index (χ3v) is 4.12. The minimum atomic E-state index is -0.615. The average Bonchev–Trinajstić information content (AvgIpc) is 2.38. The van der Waals surface area contributed by atoms with Gasteiger partial charge in [-0.1, -0.05) is 18.7 Å². The summed E-state index contributed by atoms with van der Waals surface area (Å²) in [6, 6.07) is 5.22. The van der Waals surface area contributed by atoms with E-state index in [0.29, 0.717) is 12.0 Å². The molecular formula is C17H21FO2. The Balaban J connectivity index is 2.17. The Morgan fingerprint density at radius 3 is 2.80 bits per heavy atom. The Labute approximate surface area is 119 Å². The maximum absolute atomic E-state index is 13.9. The maximum Gasteiger partial charge on any atom is 0.333 e. The van der Waals surface area contributed by atoms with E-state index in [9.17, 15) is 9.18 Å². The number of hydrogen-bond donors (Lipinski definition) is 0. The molecule has 0 radical (unpaired) electrons. The highest BCUT2D eigenvalue weighted by Gasteiger charge is 2.36. The molecule has 0 amide bonds. The van der Waals surface area contributed by atoms with E-state index in [-0.39, 0.29) is 17.7 Å². The van der Waals surface area contributed by atoms with E-state index < -0.39 is 5.60 Å². The Kier molecular flexibility index (Phi) is 3.98. The summed E-state index contributed by atoms with van der Waals surface area (Å²) in [6.45, 7) is 9.02. The summed E-state index contributed by atoms with van der Waals surface area (Å²) in [6.07, 6.45) is 2.33. The van der Waals surface area contributed by atoms with Crippen molar-refractivity contribution in [3.05, 3.63) is 47.3 Å². The smallest absolute Gasteiger partial charge is 0.333 e. The molecule has 20 heavy (non-hydrogen) atoms. The van der Waals surface area contributed by atoms with E-state index >= 15 is 0 Å². The summed E-state index contributed by atoms with van der Waals surface area (Å²) in [5.74, 6) is -0.418. The lowest BCUT2D eigenvalue weighted by Gasteiger charge is -2.37. The molecule has 0 spiro atoms. The highest BCUT2D eigenvalue weighted by molar-refractivity contribution is 5.87. The van der Waals surface area contributed by atoms with Crippen LogP contribution >= 0.6 is 0 Å². The molecule has 2 nitrogen and oxygen atoms in total. The number of esters is 1. The summed E-state index contributed by atoms with van der Waals surface area (Å²) in [5.41, 5.74) is 1.61. The van der Waals surface area contributed by atoms with Gasteiger partial charge in [-0.3, -0.25) is 0 Å². The van der Waals surface area contributed by atoms with Gasteiger partial charge in [0.1, 0.15) is 11.4 Å². The van der Waals surface area contributed by atoms with Crippen molar-refractivity contribution >= 4 is 5.97 Å². The fourth-order valence-electron chi connectivity index (χ4n) is 2.75. The van der Waals surface area contributed by atoms with Crippen molar-refractivity contribution in [2.45, 2.75) is 45.6 Å². The van der Waals surface area contributed by atoms with Crippen LogP contribution in [0.25, 0.3) is 0 Å². The van der Waals surface area contributed by atoms with Crippen molar-refractivity contribution in [1.82, 2.24) is 0 Å². The van der Waals surface area contributed by atoms with Crippen LogP contribution in [-0.2, 0) is 22.4 Å². The molecule has 1 aliphatic rings. The summed E-state index contributed by atoms with van der Waals surface area (Å²) in [4.78, 5) is 11.7.